The Hall–Kier alpha value is -3.71. The molecule has 7 nitrogen and oxygen atoms in total. The molecule has 3 aromatic rings. The Bertz CT molecular complexity index is 1310. The van der Waals surface area contributed by atoms with Crippen molar-refractivity contribution in [1.82, 2.24) is 4.90 Å². The number of carboxylic acids is 1. The van der Waals surface area contributed by atoms with Crippen LogP contribution in [0.5, 0.6) is 17.2 Å². The van der Waals surface area contributed by atoms with Crippen LogP contribution in [-0.2, 0) is 24.2 Å². The van der Waals surface area contributed by atoms with Crippen molar-refractivity contribution < 1.29 is 28.9 Å². The number of carbonyl (C=O) groups excluding carboxylic acids is 1. The number of rotatable bonds is 10. The van der Waals surface area contributed by atoms with Crippen LogP contribution >= 0.6 is 11.6 Å². The summed E-state index contributed by atoms with van der Waals surface area (Å²) in [5.41, 5.74) is 2.53. The third-order valence-corrected chi connectivity index (χ3v) is 6.54. The molecule has 0 aliphatic carbocycles. The molecule has 200 valence electrons. The zero-order valence-corrected chi connectivity index (χ0v) is 22.7. The van der Waals surface area contributed by atoms with E-state index in [0.29, 0.717) is 40.7 Å². The highest BCUT2D eigenvalue weighted by Gasteiger charge is 2.38. The van der Waals surface area contributed by atoms with Gasteiger partial charge in [0.15, 0.2) is 11.5 Å². The lowest BCUT2D eigenvalue weighted by atomic mass is 9.91. The molecule has 0 spiro atoms. The molecule has 0 bridgehead atoms. The summed E-state index contributed by atoms with van der Waals surface area (Å²) < 4.78 is 17.6. The van der Waals surface area contributed by atoms with E-state index in [1.54, 1.807) is 12.1 Å². The maximum absolute atomic E-state index is 13.6. The molecule has 1 aliphatic heterocycles. The van der Waals surface area contributed by atoms with E-state index in [1.165, 1.54) is 12.0 Å². The molecule has 8 heteroatoms. The molecule has 0 radical (unpaired) electrons. The summed E-state index contributed by atoms with van der Waals surface area (Å²) in [6.07, 6.45) is 1.25. The summed E-state index contributed by atoms with van der Waals surface area (Å²) >= 11 is 6.03. The molecular weight excluding hydrogens is 506 g/mol. The first-order chi connectivity index (χ1) is 18.0. The van der Waals surface area contributed by atoms with Gasteiger partial charge in [-0.25, -0.2) is 0 Å². The molecular formula is C30H32ClNO6. The molecule has 3 aromatic carbocycles. The number of aliphatic carboxylic acids is 1. The van der Waals surface area contributed by atoms with E-state index in [1.807, 2.05) is 69.3 Å². The smallest absolute Gasteiger partial charge is 0.323 e. The van der Waals surface area contributed by atoms with Crippen LogP contribution in [0.15, 0.2) is 60.7 Å². The first-order valence-electron chi connectivity index (χ1n) is 12.5. The van der Waals surface area contributed by atoms with Crippen molar-refractivity contribution in [3.8, 4) is 17.2 Å². The predicted octanol–water partition coefficient (Wildman–Crippen LogP) is 5.80. The second-order valence-corrected chi connectivity index (χ2v) is 10.5. The molecule has 0 aromatic heterocycles. The average molecular weight is 538 g/mol. The number of hydrogen-bond donors (Lipinski definition) is 1. The van der Waals surface area contributed by atoms with E-state index in [9.17, 15) is 14.7 Å². The molecule has 38 heavy (non-hydrogen) atoms. The van der Waals surface area contributed by atoms with Crippen LogP contribution in [0.25, 0.3) is 0 Å². The molecule has 4 rings (SSSR count). The number of methoxy groups -OCH3 is 1. The number of fused-ring (bicyclic) bond motifs is 1. The zero-order chi connectivity index (χ0) is 27.4. The number of halogens is 1. The van der Waals surface area contributed by atoms with Crippen LogP contribution in [0.4, 0.5) is 0 Å². The summed E-state index contributed by atoms with van der Waals surface area (Å²) in [5, 5.41) is 10.2. The zero-order valence-electron chi connectivity index (χ0n) is 22.0. The predicted molar refractivity (Wildman–Crippen MR) is 145 cm³/mol. The highest BCUT2D eigenvalue weighted by molar-refractivity contribution is 6.30. The van der Waals surface area contributed by atoms with Gasteiger partial charge in [0.2, 0.25) is 0 Å². The maximum Gasteiger partial charge on any atom is 0.323 e. The molecule has 0 fully saturated rings. The quantitative estimate of drug-likeness (QED) is 0.352. The molecule has 1 amide bonds. The standard InChI is InChI=1S/C30H32ClNO6/c1-19(2)37-25-11-7-21(8-12-25)17-32(18-27(33)34)29(35)22-13-23-16-30(3,38-28(23)26(14-22)36-4)15-20-5-9-24(31)10-6-20/h5-14,19H,15-18H2,1-4H3,(H,33,34)/t30-/m0/s1. The van der Waals surface area contributed by atoms with Gasteiger partial charge in [-0.3, -0.25) is 9.59 Å². The number of ether oxygens (including phenoxy) is 3. The van der Waals surface area contributed by atoms with Crippen molar-refractivity contribution in [2.45, 2.75) is 51.9 Å². The largest absolute Gasteiger partial charge is 0.493 e. The Morgan fingerprint density at radius 2 is 1.74 bits per heavy atom. The average Bonchev–Trinajstić information content (AvgIpc) is 3.20. The van der Waals surface area contributed by atoms with Crippen molar-refractivity contribution in [2.75, 3.05) is 13.7 Å². The van der Waals surface area contributed by atoms with Gasteiger partial charge in [-0.1, -0.05) is 35.9 Å². The SMILES string of the molecule is COc1cc(C(=O)N(CC(=O)O)Cc2ccc(OC(C)C)cc2)cc2c1O[C@@](C)(Cc1ccc(Cl)cc1)C2. The van der Waals surface area contributed by atoms with Gasteiger partial charge in [0.25, 0.3) is 5.91 Å². The lowest BCUT2D eigenvalue weighted by Crippen LogP contribution is -2.35. The summed E-state index contributed by atoms with van der Waals surface area (Å²) in [6, 6.07) is 18.3. The number of carboxylic acid groups (broad SMARTS) is 1. The van der Waals surface area contributed by atoms with E-state index < -0.39 is 24.0 Å². The fourth-order valence-electron chi connectivity index (χ4n) is 4.71. The minimum Gasteiger partial charge on any atom is -0.493 e. The second kappa shape index (κ2) is 11.4. The second-order valence-electron chi connectivity index (χ2n) is 10.1. The van der Waals surface area contributed by atoms with Crippen molar-refractivity contribution in [1.29, 1.82) is 0 Å². The summed E-state index contributed by atoms with van der Waals surface area (Å²) in [7, 11) is 1.53. The number of nitrogens with zero attached hydrogens (tertiary/aromatic N) is 1. The van der Waals surface area contributed by atoms with Crippen LogP contribution in [0.2, 0.25) is 5.02 Å². The Labute approximate surface area is 227 Å². The van der Waals surface area contributed by atoms with Crippen molar-refractivity contribution in [2.24, 2.45) is 0 Å². The molecule has 1 heterocycles. The van der Waals surface area contributed by atoms with Crippen molar-refractivity contribution >= 4 is 23.5 Å². The lowest BCUT2D eigenvalue weighted by molar-refractivity contribution is -0.137. The van der Waals surface area contributed by atoms with Gasteiger partial charge in [-0.15, -0.1) is 0 Å². The van der Waals surface area contributed by atoms with Crippen molar-refractivity contribution in [3.63, 3.8) is 0 Å². The van der Waals surface area contributed by atoms with E-state index >= 15 is 0 Å². The third-order valence-electron chi connectivity index (χ3n) is 6.28. The first kappa shape index (κ1) is 27.3. The van der Waals surface area contributed by atoms with Gasteiger partial charge < -0.3 is 24.2 Å². The van der Waals surface area contributed by atoms with Gasteiger partial charge in [0.05, 0.1) is 13.2 Å². The number of carbonyl (C=O) groups is 2. The van der Waals surface area contributed by atoms with E-state index in [2.05, 4.69) is 0 Å². The van der Waals surface area contributed by atoms with Gasteiger partial charge in [-0.2, -0.15) is 0 Å². The Morgan fingerprint density at radius 3 is 2.34 bits per heavy atom. The summed E-state index contributed by atoms with van der Waals surface area (Å²) in [5.74, 6) is 0.263. The monoisotopic (exact) mass is 537 g/mol. The Morgan fingerprint density at radius 1 is 1.08 bits per heavy atom. The molecule has 0 saturated carbocycles. The normalized spacial score (nSPS) is 16.1. The number of hydrogen-bond acceptors (Lipinski definition) is 5. The Kier molecular flexibility index (Phi) is 8.17. The fourth-order valence-corrected chi connectivity index (χ4v) is 4.84. The Balaban J connectivity index is 1.57. The van der Waals surface area contributed by atoms with Crippen LogP contribution in [-0.4, -0.2) is 47.2 Å². The topological polar surface area (TPSA) is 85.3 Å². The fraction of sp³-hybridized carbons (Fsp3) is 0.333. The van der Waals surface area contributed by atoms with Gasteiger partial charge in [0.1, 0.15) is 17.9 Å². The summed E-state index contributed by atoms with van der Waals surface area (Å²) in [6.45, 7) is 5.60. The minimum absolute atomic E-state index is 0.0396. The van der Waals surface area contributed by atoms with E-state index in [4.69, 9.17) is 25.8 Å². The molecule has 1 atom stereocenters. The van der Waals surface area contributed by atoms with Crippen LogP contribution in [0, 0.1) is 0 Å². The van der Waals surface area contributed by atoms with Crippen molar-refractivity contribution in [3.05, 3.63) is 87.9 Å². The maximum atomic E-state index is 13.6. The first-order valence-corrected chi connectivity index (χ1v) is 12.8. The van der Waals surface area contributed by atoms with Gasteiger partial charge in [0, 0.05) is 35.5 Å². The highest BCUT2D eigenvalue weighted by atomic mass is 35.5. The van der Waals surface area contributed by atoms with E-state index in [0.717, 1.165) is 16.7 Å². The van der Waals surface area contributed by atoms with E-state index in [-0.39, 0.29) is 12.6 Å². The van der Waals surface area contributed by atoms with Crippen LogP contribution < -0.4 is 14.2 Å². The molecule has 0 saturated heterocycles. The molecule has 1 N–H and O–H groups in total. The highest BCUT2D eigenvalue weighted by Crippen LogP contribution is 2.44. The number of amides is 1. The van der Waals surface area contributed by atoms with Gasteiger partial charge >= 0.3 is 5.97 Å². The molecule has 0 unspecified atom stereocenters. The van der Waals surface area contributed by atoms with Crippen LogP contribution in [0.3, 0.4) is 0 Å². The van der Waals surface area contributed by atoms with Crippen LogP contribution in [0.1, 0.15) is 47.8 Å². The third kappa shape index (κ3) is 6.58. The minimum atomic E-state index is -1.09. The molecule has 1 aliphatic rings. The van der Waals surface area contributed by atoms with Gasteiger partial charge in [-0.05, 0) is 68.3 Å². The summed E-state index contributed by atoms with van der Waals surface area (Å²) in [4.78, 5) is 26.5. The lowest BCUT2D eigenvalue weighted by Gasteiger charge is -2.24. The number of benzene rings is 3.